The number of hydroxylamine groups is 1. The number of ether oxygens (including phenoxy) is 1. The fraction of sp³-hybridized carbons (Fsp3) is 0.167. The fourth-order valence-electron chi connectivity index (χ4n) is 2.53. The Hall–Kier alpha value is -2.59. The number of benzene rings is 2. The van der Waals surface area contributed by atoms with Gasteiger partial charge in [-0.05, 0) is 24.1 Å². The third-order valence-corrected chi connectivity index (χ3v) is 3.57. The Morgan fingerprint density at radius 2 is 1.59 bits per heavy atom. The van der Waals surface area contributed by atoms with Crippen LogP contribution in [-0.2, 0) is 20.0 Å². The minimum Gasteiger partial charge on any atom is -0.461 e. The molecule has 0 aromatic heterocycles. The molecule has 0 bridgehead atoms. The van der Waals surface area contributed by atoms with Gasteiger partial charge < -0.3 is 4.74 Å². The van der Waals surface area contributed by atoms with Crippen LogP contribution in [0, 0.1) is 0 Å². The second kappa shape index (κ2) is 6.03. The first kappa shape index (κ1) is 14.4. The molecule has 1 aliphatic heterocycles. The standard InChI is InChI=1S/C18H17NO3/c1-2-21-17(20)16-13-18(22-19-16,14-9-5-3-6-10-14)15-11-7-4-8-12-15/h3-13,19H,2H2,1H3. The van der Waals surface area contributed by atoms with Gasteiger partial charge in [0.05, 0.1) is 6.61 Å². The van der Waals surface area contributed by atoms with Crippen molar-refractivity contribution in [2.24, 2.45) is 0 Å². The van der Waals surface area contributed by atoms with E-state index in [2.05, 4.69) is 5.48 Å². The Morgan fingerprint density at radius 1 is 1.05 bits per heavy atom. The van der Waals surface area contributed by atoms with Crippen LogP contribution < -0.4 is 5.48 Å². The molecule has 0 atom stereocenters. The SMILES string of the molecule is CCOC(=O)C1=CC(c2ccccc2)(c2ccccc2)ON1. The molecular formula is C18H17NO3. The van der Waals surface area contributed by atoms with Crippen molar-refractivity contribution < 1.29 is 14.4 Å². The highest BCUT2D eigenvalue weighted by atomic mass is 16.7. The summed E-state index contributed by atoms with van der Waals surface area (Å²) in [6.07, 6.45) is 1.77. The van der Waals surface area contributed by atoms with Gasteiger partial charge in [-0.1, -0.05) is 60.7 Å². The van der Waals surface area contributed by atoms with Crippen molar-refractivity contribution in [1.82, 2.24) is 5.48 Å². The molecule has 2 aromatic rings. The molecular weight excluding hydrogens is 278 g/mol. The topological polar surface area (TPSA) is 47.6 Å². The molecule has 1 aliphatic rings. The number of carbonyl (C=O) groups is 1. The molecule has 0 aliphatic carbocycles. The predicted octanol–water partition coefficient (Wildman–Crippen LogP) is 2.91. The first-order chi connectivity index (χ1) is 10.8. The zero-order chi connectivity index (χ0) is 15.4. The van der Waals surface area contributed by atoms with Crippen LogP contribution in [0.5, 0.6) is 0 Å². The van der Waals surface area contributed by atoms with Crippen molar-refractivity contribution in [3.63, 3.8) is 0 Å². The van der Waals surface area contributed by atoms with Gasteiger partial charge in [0, 0.05) is 0 Å². The molecule has 1 heterocycles. The second-order valence-electron chi connectivity index (χ2n) is 4.95. The van der Waals surface area contributed by atoms with Crippen LogP contribution in [0.4, 0.5) is 0 Å². The number of hydrogen-bond acceptors (Lipinski definition) is 4. The number of carbonyl (C=O) groups excluding carboxylic acids is 1. The zero-order valence-corrected chi connectivity index (χ0v) is 12.3. The van der Waals surface area contributed by atoms with Crippen molar-refractivity contribution >= 4 is 5.97 Å². The fourth-order valence-corrected chi connectivity index (χ4v) is 2.53. The molecule has 3 rings (SSSR count). The average molecular weight is 295 g/mol. The summed E-state index contributed by atoms with van der Waals surface area (Å²) in [6.45, 7) is 2.09. The van der Waals surface area contributed by atoms with E-state index in [9.17, 15) is 4.79 Å². The number of esters is 1. The van der Waals surface area contributed by atoms with Crippen LogP contribution in [0.15, 0.2) is 72.4 Å². The molecule has 0 saturated carbocycles. The van der Waals surface area contributed by atoms with Crippen LogP contribution >= 0.6 is 0 Å². The third kappa shape index (κ3) is 2.49. The van der Waals surface area contributed by atoms with Gasteiger partial charge in [0.1, 0.15) is 5.70 Å². The number of hydrogen-bond donors (Lipinski definition) is 1. The highest BCUT2D eigenvalue weighted by Crippen LogP contribution is 2.38. The molecule has 0 radical (unpaired) electrons. The highest BCUT2D eigenvalue weighted by molar-refractivity contribution is 5.88. The molecule has 0 amide bonds. The van der Waals surface area contributed by atoms with Gasteiger partial charge in [-0.3, -0.25) is 10.3 Å². The summed E-state index contributed by atoms with van der Waals surface area (Å²) in [6, 6.07) is 19.6. The minimum absolute atomic E-state index is 0.314. The first-order valence-electron chi connectivity index (χ1n) is 7.21. The highest BCUT2D eigenvalue weighted by Gasteiger charge is 2.40. The van der Waals surface area contributed by atoms with Gasteiger partial charge in [0.2, 0.25) is 0 Å². The molecule has 22 heavy (non-hydrogen) atoms. The monoisotopic (exact) mass is 295 g/mol. The van der Waals surface area contributed by atoms with E-state index in [4.69, 9.17) is 9.57 Å². The van der Waals surface area contributed by atoms with Gasteiger partial charge in [0.25, 0.3) is 0 Å². The maximum Gasteiger partial charge on any atom is 0.356 e. The molecule has 1 N–H and O–H groups in total. The average Bonchev–Trinajstić information content (AvgIpc) is 3.03. The lowest BCUT2D eigenvalue weighted by molar-refractivity contribution is -0.140. The molecule has 112 valence electrons. The van der Waals surface area contributed by atoms with E-state index in [1.54, 1.807) is 13.0 Å². The minimum atomic E-state index is -0.843. The number of nitrogens with one attached hydrogen (secondary N) is 1. The van der Waals surface area contributed by atoms with Crippen LogP contribution in [0.1, 0.15) is 18.1 Å². The van der Waals surface area contributed by atoms with Crippen molar-refractivity contribution in [2.75, 3.05) is 6.61 Å². The summed E-state index contributed by atoms with van der Waals surface area (Å²) < 4.78 is 5.04. The van der Waals surface area contributed by atoms with E-state index in [0.717, 1.165) is 11.1 Å². The van der Waals surface area contributed by atoms with E-state index in [1.807, 2.05) is 60.7 Å². The Bertz CT molecular complexity index is 640. The predicted molar refractivity (Wildman–Crippen MR) is 82.6 cm³/mol. The molecule has 0 unspecified atom stereocenters. The Balaban J connectivity index is 2.09. The maximum absolute atomic E-state index is 12.0. The van der Waals surface area contributed by atoms with Gasteiger partial charge in [-0.25, -0.2) is 4.79 Å². The molecule has 2 aromatic carbocycles. The van der Waals surface area contributed by atoms with E-state index >= 15 is 0 Å². The first-order valence-corrected chi connectivity index (χ1v) is 7.21. The summed E-state index contributed by atoms with van der Waals surface area (Å²) in [5.74, 6) is -0.420. The third-order valence-electron chi connectivity index (χ3n) is 3.57. The zero-order valence-electron chi connectivity index (χ0n) is 12.3. The van der Waals surface area contributed by atoms with Gasteiger partial charge in [-0.15, -0.1) is 0 Å². The molecule has 4 nitrogen and oxygen atoms in total. The van der Waals surface area contributed by atoms with Crippen molar-refractivity contribution in [3.8, 4) is 0 Å². The van der Waals surface area contributed by atoms with Gasteiger partial charge in [-0.2, -0.15) is 0 Å². The second-order valence-corrected chi connectivity index (χ2v) is 4.95. The maximum atomic E-state index is 12.0. The summed E-state index contributed by atoms with van der Waals surface area (Å²) in [5.41, 5.74) is 4.06. The smallest absolute Gasteiger partial charge is 0.356 e. The van der Waals surface area contributed by atoms with E-state index in [-0.39, 0.29) is 0 Å². The largest absolute Gasteiger partial charge is 0.461 e. The van der Waals surface area contributed by atoms with Crippen LogP contribution in [-0.4, -0.2) is 12.6 Å². The lowest BCUT2D eigenvalue weighted by atomic mass is 9.86. The molecule has 0 saturated heterocycles. The summed E-state index contributed by atoms with van der Waals surface area (Å²) in [4.78, 5) is 17.8. The van der Waals surface area contributed by atoms with Crippen molar-refractivity contribution in [2.45, 2.75) is 12.5 Å². The Morgan fingerprint density at radius 3 is 2.09 bits per heavy atom. The number of rotatable bonds is 4. The Kier molecular flexibility index (Phi) is 3.94. The quantitative estimate of drug-likeness (QED) is 0.881. The lowest BCUT2D eigenvalue weighted by Gasteiger charge is -2.26. The van der Waals surface area contributed by atoms with Crippen LogP contribution in [0.3, 0.4) is 0 Å². The van der Waals surface area contributed by atoms with Gasteiger partial charge >= 0.3 is 5.97 Å². The summed E-state index contributed by atoms with van der Waals surface area (Å²) in [5, 5.41) is 0. The normalized spacial score (nSPS) is 15.8. The Labute approximate surface area is 129 Å². The van der Waals surface area contributed by atoms with Crippen LogP contribution in [0.25, 0.3) is 0 Å². The van der Waals surface area contributed by atoms with E-state index in [1.165, 1.54) is 0 Å². The van der Waals surface area contributed by atoms with Crippen molar-refractivity contribution in [1.29, 1.82) is 0 Å². The summed E-state index contributed by atoms with van der Waals surface area (Å²) >= 11 is 0. The van der Waals surface area contributed by atoms with E-state index in [0.29, 0.717) is 12.3 Å². The molecule has 0 fully saturated rings. The van der Waals surface area contributed by atoms with Crippen LogP contribution in [0.2, 0.25) is 0 Å². The molecule has 4 heteroatoms. The van der Waals surface area contributed by atoms with Crippen molar-refractivity contribution in [3.05, 3.63) is 83.6 Å². The lowest BCUT2D eigenvalue weighted by Crippen LogP contribution is -2.28. The molecule has 0 spiro atoms. The summed E-state index contributed by atoms with van der Waals surface area (Å²) in [7, 11) is 0. The van der Waals surface area contributed by atoms with Gasteiger partial charge in [0.15, 0.2) is 5.60 Å². The van der Waals surface area contributed by atoms with E-state index < -0.39 is 11.6 Å².